The molecule has 11 heteroatoms. The number of aliphatic hydroxyl groups is 2. The first-order valence-electron chi connectivity index (χ1n) is 13.5. The van der Waals surface area contributed by atoms with Gasteiger partial charge in [-0.05, 0) is 43.2 Å². The van der Waals surface area contributed by atoms with E-state index >= 15 is 8.78 Å². The van der Waals surface area contributed by atoms with Crippen molar-refractivity contribution in [2.75, 3.05) is 6.54 Å². The SMILES string of the molecule is Cc1c(O)cccc1C(=O)N[C@@H](Cc1ccccc1)[C@H](O)C(=O)N1CC(F)(F)C(C)(C)[C@H]1C(O)=[NH+]Cc1ccncc1. The lowest BCUT2D eigenvalue weighted by Gasteiger charge is -2.32. The number of amides is 2. The van der Waals surface area contributed by atoms with E-state index in [4.69, 9.17) is 0 Å². The zero-order chi connectivity index (χ0) is 30.7. The number of aromatic nitrogens is 1. The Morgan fingerprint density at radius 1 is 1.07 bits per heavy atom. The molecule has 3 atom stereocenters. The van der Waals surface area contributed by atoms with Gasteiger partial charge in [0.1, 0.15) is 5.75 Å². The molecule has 0 aliphatic carbocycles. The van der Waals surface area contributed by atoms with Crippen molar-refractivity contribution in [1.29, 1.82) is 0 Å². The summed E-state index contributed by atoms with van der Waals surface area (Å²) in [5.41, 5.74) is -0.0563. The molecule has 1 saturated heterocycles. The van der Waals surface area contributed by atoms with Crippen molar-refractivity contribution in [3.63, 3.8) is 0 Å². The minimum absolute atomic E-state index is 0.00559. The summed E-state index contributed by atoms with van der Waals surface area (Å²) in [6, 6.07) is 13.8. The summed E-state index contributed by atoms with van der Waals surface area (Å²) in [6.07, 6.45) is 1.17. The molecule has 42 heavy (non-hydrogen) atoms. The number of carbonyl (C=O) groups is 2. The van der Waals surface area contributed by atoms with Crippen LogP contribution in [0.15, 0.2) is 73.1 Å². The monoisotopic (exact) mass is 581 g/mol. The van der Waals surface area contributed by atoms with Gasteiger partial charge in [-0.1, -0.05) is 50.2 Å². The van der Waals surface area contributed by atoms with E-state index in [1.54, 1.807) is 61.8 Å². The van der Waals surface area contributed by atoms with Gasteiger partial charge in [0.25, 0.3) is 17.7 Å². The molecule has 1 aliphatic rings. The summed E-state index contributed by atoms with van der Waals surface area (Å²) < 4.78 is 30.6. The first-order chi connectivity index (χ1) is 19.8. The Bertz CT molecular complexity index is 1450. The lowest BCUT2D eigenvalue weighted by Crippen LogP contribution is -2.76. The van der Waals surface area contributed by atoms with E-state index in [1.807, 2.05) is 0 Å². The molecule has 2 amide bonds. The molecule has 3 aromatic rings. The molecule has 222 valence electrons. The zero-order valence-corrected chi connectivity index (χ0v) is 23.6. The molecule has 0 saturated carbocycles. The first kappa shape index (κ1) is 30.6. The summed E-state index contributed by atoms with van der Waals surface area (Å²) in [6.45, 7) is 3.09. The highest BCUT2D eigenvalue weighted by Gasteiger charge is 2.65. The van der Waals surface area contributed by atoms with Crippen LogP contribution in [0.5, 0.6) is 5.75 Å². The average Bonchev–Trinajstić information content (AvgIpc) is 3.16. The number of halogens is 2. The van der Waals surface area contributed by atoms with Crippen molar-refractivity contribution in [3.8, 4) is 5.75 Å². The Labute approximate surface area is 242 Å². The number of pyridine rings is 1. The highest BCUT2D eigenvalue weighted by atomic mass is 19.3. The van der Waals surface area contributed by atoms with Gasteiger partial charge >= 0.3 is 5.90 Å². The fraction of sp³-hybridized carbons (Fsp3) is 0.355. The molecule has 5 N–H and O–H groups in total. The number of hydrogen-bond donors (Lipinski definition) is 5. The summed E-state index contributed by atoms with van der Waals surface area (Å²) in [7, 11) is 0. The number of aromatic hydroxyl groups is 1. The number of likely N-dealkylation sites (tertiary alicyclic amines) is 1. The van der Waals surface area contributed by atoms with Crippen LogP contribution in [0.3, 0.4) is 0 Å². The smallest absolute Gasteiger partial charge is 0.356 e. The van der Waals surface area contributed by atoms with Crippen LogP contribution in [0.25, 0.3) is 0 Å². The number of nitrogens with zero attached hydrogens (tertiary/aromatic N) is 2. The second-order valence-corrected chi connectivity index (χ2v) is 11.1. The van der Waals surface area contributed by atoms with E-state index in [-0.39, 0.29) is 24.3 Å². The molecule has 9 nitrogen and oxygen atoms in total. The Morgan fingerprint density at radius 3 is 2.40 bits per heavy atom. The van der Waals surface area contributed by atoms with E-state index in [9.17, 15) is 24.9 Å². The quantitative estimate of drug-likeness (QED) is 0.194. The standard InChI is InChI=1S/C31H34F2N4O5/c1-19-22(10-7-11-24(19)38)27(40)36-23(16-20-8-5-4-6-9-20)25(39)29(42)37-18-31(32,33)30(2,3)26(37)28(41)35-17-21-12-14-34-15-13-21/h4-15,23,25-26,38-39H,16-18H2,1-3H3,(H,35,41)(H,36,40)/p+1/t23-,25-,26+/m0/s1. The highest BCUT2D eigenvalue weighted by molar-refractivity contribution is 5.97. The molecular weight excluding hydrogens is 546 g/mol. The van der Waals surface area contributed by atoms with Gasteiger partial charge in [0.2, 0.25) is 0 Å². The fourth-order valence-corrected chi connectivity index (χ4v) is 5.15. The third-order valence-corrected chi connectivity index (χ3v) is 7.87. The molecule has 2 aromatic carbocycles. The van der Waals surface area contributed by atoms with Gasteiger partial charge in [-0.2, -0.15) is 0 Å². The molecule has 2 heterocycles. The van der Waals surface area contributed by atoms with Crippen LogP contribution >= 0.6 is 0 Å². The second kappa shape index (κ2) is 12.2. The van der Waals surface area contributed by atoms with E-state index in [2.05, 4.69) is 15.3 Å². The third kappa shape index (κ3) is 6.25. The molecule has 4 rings (SSSR count). The van der Waals surface area contributed by atoms with Crippen molar-refractivity contribution < 1.29 is 38.7 Å². The van der Waals surface area contributed by atoms with E-state index < -0.39 is 53.8 Å². The first-order valence-corrected chi connectivity index (χ1v) is 13.5. The van der Waals surface area contributed by atoms with E-state index in [1.165, 1.54) is 32.0 Å². The number of phenolic OH excluding ortho intramolecular Hbond substituents is 1. The van der Waals surface area contributed by atoms with Crippen molar-refractivity contribution in [2.24, 2.45) is 5.41 Å². The van der Waals surface area contributed by atoms with Crippen LogP contribution in [0.2, 0.25) is 0 Å². The Morgan fingerprint density at radius 2 is 1.74 bits per heavy atom. The van der Waals surface area contributed by atoms with Gasteiger partial charge < -0.3 is 25.5 Å². The van der Waals surface area contributed by atoms with Crippen molar-refractivity contribution >= 4 is 17.7 Å². The molecule has 1 aromatic heterocycles. The molecule has 0 unspecified atom stereocenters. The normalized spacial score (nSPS) is 19.2. The highest BCUT2D eigenvalue weighted by Crippen LogP contribution is 2.48. The van der Waals surface area contributed by atoms with Crippen LogP contribution in [-0.2, 0) is 17.8 Å². The van der Waals surface area contributed by atoms with Crippen molar-refractivity contribution in [1.82, 2.24) is 15.2 Å². The Balaban J connectivity index is 1.65. The maximum Gasteiger partial charge on any atom is 0.356 e. The molecule has 1 fully saturated rings. The Kier molecular flexibility index (Phi) is 8.91. The maximum absolute atomic E-state index is 15.3. The number of phenols is 1. The topological polar surface area (TPSA) is 137 Å². The van der Waals surface area contributed by atoms with Gasteiger partial charge in [-0.3, -0.25) is 14.6 Å². The van der Waals surface area contributed by atoms with Gasteiger partial charge in [-0.15, -0.1) is 0 Å². The maximum atomic E-state index is 15.3. The van der Waals surface area contributed by atoms with Gasteiger partial charge in [0.15, 0.2) is 18.7 Å². The number of carbonyl (C=O) groups excluding carboxylic acids is 2. The van der Waals surface area contributed by atoms with Crippen LogP contribution in [0.4, 0.5) is 8.78 Å². The average molecular weight is 582 g/mol. The number of hydrogen-bond acceptors (Lipinski definition) is 5. The predicted molar refractivity (Wildman–Crippen MR) is 151 cm³/mol. The van der Waals surface area contributed by atoms with Crippen molar-refractivity contribution in [3.05, 3.63) is 95.3 Å². The van der Waals surface area contributed by atoms with Crippen LogP contribution in [-0.4, -0.2) is 73.6 Å². The second-order valence-electron chi connectivity index (χ2n) is 11.1. The largest absolute Gasteiger partial charge is 0.508 e. The number of nitrogens with one attached hydrogen (secondary N) is 2. The molecule has 1 aliphatic heterocycles. The number of alkyl halides is 2. The van der Waals surface area contributed by atoms with E-state index in [0.717, 1.165) is 10.5 Å². The van der Waals surface area contributed by atoms with Crippen LogP contribution < -0.4 is 10.3 Å². The number of benzene rings is 2. The van der Waals surface area contributed by atoms with E-state index in [0.29, 0.717) is 11.1 Å². The minimum atomic E-state index is -3.41. The van der Waals surface area contributed by atoms with Gasteiger partial charge in [-0.25, -0.2) is 13.8 Å². The third-order valence-electron chi connectivity index (χ3n) is 7.87. The predicted octanol–water partition coefficient (Wildman–Crippen LogP) is 1.91. The number of rotatable bonds is 9. The Hall–Kier alpha value is -4.38. The molecule has 0 radical (unpaired) electrons. The summed E-state index contributed by atoms with van der Waals surface area (Å²) in [5, 5.41) is 35.1. The molecule has 0 spiro atoms. The van der Waals surface area contributed by atoms with Gasteiger partial charge in [0.05, 0.1) is 18.0 Å². The summed E-state index contributed by atoms with van der Waals surface area (Å²) in [5.74, 6) is -5.79. The van der Waals surface area contributed by atoms with Crippen LogP contribution in [0.1, 0.15) is 40.9 Å². The minimum Gasteiger partial charge on any atom is -0.508 e. The fourth-order valence-electron chi connectivity index (χ4n) is 5.15. The summed E-state index contributed by atoms with van der Waals surface area (Å²) >= 11 is 0. The molecular formula is C31H35F2N4O5+. The summed E-state index contributed by atoms with van der Waals surface area (Å²) in [4.78, 5) is 34.4. The zero-order valence-electron chi connectivity index (χ0n) is 23.6. The van der Waals surface area contributed by atoms with Crippen LogP contribution in [0, 0.1) is 12.3 Å². The van der Waals surface area contributed by atoms with Crippen molar-refractivity contribution in [2.45, 2.75) is 57.8 Å². The number of aliphatic hydroxyl groups excluding tert-OH is 2. The lowest BCUT2D eigenvalue weighted by molar-refractivity contribution is -0.487. The van der Waals surface area contributed by atoms with Gasteiger partial charge in [0, 0.05) is 29.1 Å². The lowest BCUT2D eigenvalue weighted by atomic mass is 9.81. The molecule has 0 bridgehead atoms.